The lowest BCUT2D eigenvalue weighted by Gasteiger charge is -2.31. The van der Waals surface area contributed by atoms with Crippen LogP contribution in [0.15, 0.2) is 48.2 Å². The summed E-state index contributed by atoms with van der Waals surface area (Å²) >= 11 is 0. The fourth-order valence-corrected chi connectivity index (χ4v) is 3.60. The Balaban J connectivity index is 1.69. The molecule has 0 atom stereocenters. The highest BCUT2D eigenvalue weighted by molar-refractivity contribution is 6.12. The van der Waals surface area contributed by atoms with Crippen molar-refractivity contribution in [3.05, 3.63) is 59.4 Å². The Morgan fingerprint density at radius 2 is 1.96 bits per heavy atom. The Labute approximate surface area is 164 Å². The van der Waals surface area contributed by atoms with E-state index >= 15 is 0 Å². The summed E-state index contributed by atoms with van der Waals surface area (Å²) in [6, 6.07) is 12.9. The van der Waals surface area contributed by atoms with Crippen molar-refractivity contribution in [2.24, 2.45) is 0 Å². The number of carbonyl (C=O) groups excluding carboxylic acids is 2. The van der Waals surface area contributed by atoms with Gasteiger partial charge in [-0.1, -0.05) is 29.8 Å². The van der Waals surface area contributed by atoms with E-state index in [4.69, 9.17) is 10.5 Å². The van der Waals surface area contributed by atoms with Crippen molar-refractivity contribution in [1.29, 1.82) is 0 Å². The van der Waals surface area contributed by atoms with E-state index < -0.39 is 0 Å². The molecule has 0 aliphatic carbocycles. The Bertz CT molecular complexity index is 961. The van der Waals surface area contributed by atoms with E-state index in [1.54, 1.807) is 24.3 Å². The topological polar surface area (TPSA) is 75.9 Å². The molecule has 2 aliphatic heterocycles. The molecule has 0 unspecified atom stereocenters. The number of anilines is 2. The van der Waals surface area contributed by atoms with Crippen molar-refractivity contribution in [2.45, 2.75) is 19.8 Å². The van der Waals surface area contributed by atoms with Crippen LogP contribution in [0.3, 0.4) is 0 Å². The number of hydrogen-bond acceptors (Lipinski definition) is 4. The minimum Gasteiger partial charge on any atom is -0.449 e. The third kappa shape index (κ3) is 3.58. The fourth-order valence-electron chi connectivity index (χ4n) is 3.60. The second-order valence-corrected chi connectivity index (χ2v) is 7.23. The van der Waals surface area contributed by atoms with Crippen molar-refractivity contribution in [2.75, 3.05) is 30.3 Å². The lowest BCUT2D eigenvalue weighted by Crippen LogP contribution is -2.45. The predicted molar refractivity (Wildman–Crippen MR) is 109 cm³/mol. The highest BCUT2D eigenvalue weighted by atomic mass is 16.5. The lowest BCUT2D eigenvalue weighted by atomic mass is 10.1. The van der Waals surface area contributed by atoms with E-state index in [1.807, 2.05) is 36.1 Å². The van der Waals surface area contributed by atoms with Gasteiger partial charge in [-0.2, -0.15) is 0 Å². The molecular formula is C22H23N3O3. The number of nitrogen functional groups attached to an aromatic ring is 1. The van der Waals surface area contributed by atoms with Gasteiger partial charge in [-0.25, -0.2) is 0 Å². The first-order valence-electron chi connectivity index (χ1n) is 9.46. The van der Waals surface area contributed by atoms with Crippen molar-refractivity contribution < 1.29 is 14.3 Å². The summed E-state index contributed by atoms with van der Waals surface area (Å²) in [7, 11) is 0. The molecule has 2 N–H and O–H groups in total. The third-order valence-corrected chi connectivity index (χ3v) is 5.04. The zero-order chi connectivity index (χ0) is 19.7. The summed E-state index contributed by atoms with van der Waals surface area (Å²) in [6.07, 6.45) is 3.72. The number of hydrogen-bond donors (Lipinski definition) is 1. The number of benzene rings is 2. The maximum atomic E-state index is 13.1. The number of likely N-dealkylation sites (tertiary alicyclic amines) is 1. The molecule has 2 aromatic carbocycles. The molecule has 1 saturated heterocycles. The Morgan fingerprint density at radius 1 is 1.18 bits per heavy atom. The van der Waals surface area contributed by atoms with Gasteiger partial charge in [0.15, 0.2) is 11.5 Å². The van der Waals surface area contributed by atoms with E-state index in [-0.39, 0.29) is 24.1 Å². The summed E-state index contributed by atoms with van der Waals surface area (Å²) < 4.78 is 5.87. The second-order valence-electron chi connectivity index (χ2n) is 7.23. The molecule has 0 saturated carbocycles. The lowest BCUT2D eigenvalue weighted by molar-refractivity contribution is -0.130. The average Bonchev–Trinajstić information content (AvgIpc) is 3.20. The summed E-state index contributed by atoms with van der Waals surface area (Å²) in [5.41, 5.74) is 8.95. The standard InChI is InChI=1S/C22H23N3O3/c1-15-5-4-6-16(11-15)12-20-22(27)25(14-21(26)24-9-2-3-10-24)18-8-7-17(23)13-19(18)28-20/h4-8,11-13H,2-3,9-10,14,23H2,1H3/b20-12+. The molecule has 2 aromatic rings. The van der Waals surface area contributed by atoms with Gasteiger partial charge in [-0.3, -0.25) is 14.5 Å². The van der Waals surface area contributed by atoms with Crippen LogP contribution in [-0.4, -0.2) is 36.3 Å². The maximum Gasteiger partial charge on any atom is 0.294 e. The number of amides is 2. The van der Waals surface area contributed by atoms with Crippen LogP contribution in [0, 0.1) is 6.92 Å². The number of aryl methyl sites for hydroxylation is 1. The van der Waals surface area contributed by atoms with Crippen molar-refractivity contribution in [1.82, 2.24) is 4.90 Å². The fraction of sp³-hybridized carbons (Fsp3) is 0.273. The summed E-state index contributed by atoms with van der Waals surface area (Å²) in [4.78, 5) is 29.1. The van der Waals surface area contributed by atoms with Crippen LogP contribution in [0.25, 0.3) is 6.08 Å². The van der Waals surface area contributed by atoms with Crippen molar-refractivity contribution >= 4 is 29.3 Å². The summed E-state index contributed by atoms with van der Waals surface area (Å²) in [5, 5.41) is 0. The zero-order valence-electron chi connectivity index (χ0n) is 15.9. The number of rotatable bonds is 3. The largest absolute Gasteiger partial charge is 0.449 e. The first-order chi connectivity index (χ1) is 13.5. The first-order valence-corrected chi connectivity index (χ1v) is 9.46. The Hall–Kier alpha value is -3.28. The molecule has 28 heavy (non-hydrogen) atoms. The number of ether oxygens (including phenoxy) is 1. The molecule has 0 spiro atoms. The van der Waals surface area contributed by atoms with Gasteiger partial charge in [0.1, 0.15) is 6.54 Å². The van der Waals surface area contributed by atoms with Crippen LogP contribution in [-0.2, 0) is 9.59 Å². The molecule has 2 heterocycles. The van der Waals surface area contributed by atoms with Crippen LogP contribution in [0.1, 0.15) is 24.0 Å². The van der Waals surface area contributed by atoms with E-state index in [0.717, 1.165) is 37.1 Å². The van der Waals surface area contributed by atoms with E-state index in [9.17, 15) is 9.59 Å². The van der Waals surface area contributed by atoms with Gasteiger partial charge < -0.3 is 15.4 Å². The zero-order valence-corrected chi connectivity index (χ0v) is 15.9. The van der Waals surface area contributed by atoms with Crippen molar-refractivity contribution in [3.63, 3.8) is 0 Å². The maximum absolute atomic E-state index is 13.1. The van der Waals surface area contributed by atoms with Gasteiger partial charge in [-0.15, -0.1) is 0 Å². The average molecular weight is 377 g/mol. The van der Waals surface area contributed by atoms with Gasteiger partial charge in [0.25, 0.3) is 5.91 Å². The molecule has 6 nitrogen and oxygen atoms in total. The van der Waals surface area contributed by atoms with Crippen LogP contribution < -0.4 is 15.4 Å². The third-order valence-electron chi connectivity index (χ3n) is 5.04. The summed E-state index contributed by atoms with van der Waals surface area (Å²) in [6.45, 7) is 3.47. The SMILES string of the molecule is Cc1cccc(/C=C2/Oc3cc(N)ccc3N(CC(=O)N3CCCC3)C2=O)c1. The van der Waals surface area contributed by atoms with Gasteiger partial charge in [-0.05, 0) is 43.5 Å². The van der Waals surface area contributed by atoms with E-state index in [1.165, 1.54) is 4.90 Å². The number of nitrogens with two attached hydrogens (primary N) is 1. The van der Waals surface area contributed by atoms with Crippen LogP contribution in [0.5, 0.6) is 5.75 Å². The number of carbonyl (C=O) groups is 2. The molecule has 6 heteroatoms. The molecule has 2 amide bonds. The van der Waals surface area contributed by atoms with Gasteiger partial charge in [0.2, 0.25) is 5.91 Å². The van der Waals surface area contributed by atoms with Gasteiger partial charge in [0.05, 0.1) is 5.69 Å². The number of fused-ring (bicyclic) bond motifs is 1. The minimum atomic E-state index is -0.327. The molecule has 0 aromatic heterocycles. The molecule has 0 radical (unpaired) electrons. The first kappa shape index (κ1) is 18.1. The summed E-state index contributed by atoms with van der Waals surface area (Å²) in [5.74, 6) is 0.280. The normalized spacial score (nSPS) is 17.6. The van der Waals surface area contributed by atoms with Crippen molar-refractivity contribution in [3.8, 4) is 5.75 Å². The van der Waals surface area contributed by atoms with Gasteiger partial charge >= 0.3 is 0 Å². The highest BCUT2D eigenvalue weighted by Crippen LogP contribution is 2.37. The minimum absolute atomic E-state index is 0.00965. The predicted octanol–water partition coefficient (Wildman–Crippen LogP) is 2.97. The molecule has 4 rings (SSSR count). The Morgan fingerprint density at radius 3 is 2.71 bits per heavy atom. The molecule has 1 fully saturated rings. The molecule has 144 valence electrons. The quantitative estimate of drug-likeness (QED) is 0.659. The van der Waals surface area contributed by atoms with E-state index in [0.29, 0.717) is 17.1 Å². The molecular weight excluding hydrogens is 354 g/mol. The van der Waals surface area contributed by atoms with Crippen LogP contribution >= 0.6 is 0 Å². The van der Waals surface area contributed by atoms with E-state index in [2.05, 4.69) is 0 Å². The molecule has 2 aliphatic rings. The second kappa shape index (κ2) is 7.38. The smallest absolute Gasteiger partial charge is 0.294 e. The monoisotopic (exact) mass is 377 g/mol. The highest BCUT2D eigenvalue weighted by Gasteiger charge is 2.33. The number of nitrogens with zero attached hydrogens (tertiary/aromatic N) is 2. The van der Waals surface area contributed by atoms with Crippen LogP contribution in [0.2, 0.25) is 0 Å². The van der Waals surface area contributed by atoms with Gasteiger partial charge in [0, 0.05) is 24.8 Å². The Kier molecular flexibility index (Phi) is 4.77. The molecule has 0 bridgehead atoms. The van der Waals surface area contributed by atoms with Crippen LogP contribution in [0.4, 0.5) is 11.4 Å².